The number of hydrogen-bond acceptors (Lipinski definition) is 6. The number of aliphatic hydroxyl groups is 2. The molecule has 0 spiro atoms. The van der Waals surface area contributed by atoms with Crippen molar-refractivity contribution in [1.82, 2.24) is 0 Å². The van der Waals surface area contributed by atoms with Gasteiger partial charge in [0.15, 0.2) is 5.71 Å². The van der Waals surface area contributed by atoms with E-state index in [1.807, 2.05) is 61.5 Å². The van der Waals surface area contributed by atoms with Crippen LogP contribution in [0.15, 0.2) is 65.8 Å². The van der Waals surface area contributed by atoms with E-state index in [1.165, 1.54) is 14.2 Å². The Labute approximate surface area is 180 Å². The standard InChI is InChI=1S/C11H13NO3.C6H6.2CH3NOS/c1-8-6-4-5-7-9(8)10(12-15-3)11(13)14-2;1-2-4-6-5-3-1;2*2-1(3)4/h4-7H,1-3H3;1-6H;2*(H3,2,3,4). The van der Waals surface area contributed by atoms with Crippen LogP contribution in [0.3, 0.4) is 0 Å². The van der Waals surface area contributed by atoms with Gasteiger partial charge >= 0.3 is 5.97 Å². The van der Waals surface area contributed by atoms with Crippen molar-refractivity contribution in [3.8, 4) is 0 Å². The highest BCUT2D eigenvalue weighted by Crippen LogP contribution is 2.09. The number of ether oxygens (including phenoxy) is 1. The van der Waals surface area contributed by atoms with Gasteiger partial charge in [0.25, 0.3) is 10.3 Å². The first-order valence-electron chi connectivity index (χ1n) is 7.89. The number of hydrogen-bond donors (Lipinski definition) is 4. The van der Waals surface area contributed by atoms with E-state index in [4.69, 9.17) is 10.2 Å². The molecule has 6 N–H and O–H groups in total. The predicted octanol–water partition coefficient (Wildman–Crippen LogP) is 2.78. The SMILES string of the molecule is CON=C(C(=O)OC)c1ccccc1C.NC(O)=S.NC(O)=S.c1ccccc1. The van der Waals surface area contributed by atoms with Gasteiger partial charge in [-0.1, -0.05) is 65.8 Å². The second kappa shape index (κ2) is 18.1. The molecule has 2 aromatic carbocycles. The number of methoxy groups -OCH3 is 1. The highest BCUT2D eigenvalue weighted by atomic mass is 32.1. The van der Waals surface area contributed by atoms with E-state index >= 15 is 0 Å². The fourth-order valence-electron chi connectivity index (χ4n) is 1.61. The molecule has 0 aliphatic heterocycles. The van der Waals surface area contributed by atoms with Crippen LogP contribution in [-0.2, 0) is 14.4 Å². The molecule has 2 aromatic rings. The van der Waals surface area contributed by atoms with Crippen molar-refractivity contribution in [3.05, 3.63) is 71.8 Å². The van der Waals surface area contributed by atoms with Crippen LogP contribution in [0.5, 0.6) is 0 Å². The number of aryl methyl sites for hydroxylation is 1. The lowest BCUT2D eigenvalue weighted by atomic mass is 10.0. The minimum absolute atomic E-state index is 0.179. The first-order valence-corrected chi connectivity index (χ1v) is 8.71. The summed E-state index contributed by atoms with van der Waals surface area (Å²) in [6.45, 7) is 1.89. The number of benzene rings is 2. The monoisotopic (exact) mass is 439 g/mol. The number of nitrogens with zero attached hydrogens (tertiary/aromatic N) is 1. The molecule has 0 amide bonds. The molecule has 10 heteroatoms. The molecule has 158 valence electrons. The molecule has 0 saturated heterocycles. The van der Waals surface area contributed by atoms with Crippen molar-refractivity contribution in [2.75, 3.05) is 14.2 Å². The lowest BCUT2D eigenvalue weighted by molar-refractivity contribution is -0.132. The Kier molecular flexibility index (Phi) is 17.5. The molecule has 0 heterocycles. The average Bonchev–Trinajstić information content (AvgIpc) is 2.67. The summed E-state index contributed by atoms with van der Waals surface area (Å²) in [6, 6.07) is 19.4. The number of aliphatic hydroxyl groups excluding tert-OH is 2. The summed E-state index contributed by atoms with van der Waals surface area (Å²) >= 11 is 7.74. The van der Waals surface area contributed by atoms with E-state index < -0.39 is 16.3 Å². The van der Waals surface area contributed by atoms with Crippen LogP contribution in [0.25, 0.3) is 0 Å². The van der Waals surface area contributed by atoms with Gasteiger partial charge in [0.2, 0.25) is 0 Å². The molecule has 2 rings (SSSR count). The van der Waals surface area contributed by atoms with Gasteiger partial charge in [-0.15, -0.1) is 0 Å². The van der Waals surface area contributed by atoms with Crippen LogP contribution in [0.1, 0.15) is 11.1 Å². The summed E-state index contributed by atoms with van der Waals surface area (Å²) in [6.07, 6.45) is 0. The van der Waals surface area contributed by atoms with Crippen LogP contribution < -0.4 is 11.5 Å². The molecule has 0 aliphatic carbocycles. The lowest BCUT2D eigenvalue weighted by Gasteiger charge is -2.06. The number of nitrogens with two attached hydrogens (primary N) is 2. The van der Waals surface area contributed by atoms with Gasteiger partial charge in [0.05, 0.1) is 7.11 Å². The van der Waals surface area contributed by atoms with E-state index in [1.54, 1.807) is 6.07 Å². The van der Waals surface area contributed by atoms with Gasteiger partial charge in [-0.05, 0) is 36.9 Å². The molecule has 0 bridgehead atoms. The molecule has 0 aromatic heterocycles. The maximum Gasteiger partial charge on any atom is 0.360 e. The Morgan fingerprint density at radius 3 is 1.59 bits per heavy atom. The highest BCUT2D eigenvalue weighted by molar-refractivity contribution is 7.80. The van der Waals surface area contributed by atoms with Crippen LogP contribution in [0, 0.1) is 6.92 Å². The number of thiocarbonyl (C=S) groups is 2. The van der Waals surface area contributed by atoms with Crippen molar-refractivity contribution in [2.45, 2.75) is 6.92 Å². The summed E-state index contributed by atoms with van der Waals surface area (Å²) in [7, 11) is 2.70. The van der Waals surface area contributed by atoms with Crippen molar-refractivity contribution < 1.29 is 24.6 Å². The van der Waals surface area contributed by atoms with Gasteiger partial charge in [0, 0.05) is 5.56 Å². The summed E-state index contributed by atoms with van der Waals surface area (Å²) < 4.78 is 4.62. The fourth-order valence-corrected chi connectivity index (χ4v) is 1.61. The average molecular weight is 440 g/mol. The minimum atomic E-state index is -0.508. The van der Waals surface area contributed by atoms with Gasteiger partial charge in [-0.3, -0.25) is 0 Å². The maximum atomic E-state index is 11.4. The van der Waals surface area contributed by atoms with Crippen molar-refractivity contribution in [1.29, 1.82) is 0 Å². The first-order chi connectivity index (χ1) is 13.7. The smallest absolute Gasteiger partial charge is 0.360 e. The molecule has 0 saturated carbocycles. The Bertz CT molecular complexity index is 725. The molecule has 0 aliphatic rings. The Morgan fingerprint density at radius 2 is 1.28 bits per heavy atom. The van der Waals surface area contributed by atoms with Crippen molar-refractivity contribution >= 4 is 46.5 Å². The minimum Gasteiger partial charge on any atom is -0.487 e. The van der Waals surface area contributed by atoms with Crippen LogP contribution >= 0.6 is 24.4 Å². The molecule has 0 radical (unpaired) electrons. The number of carbonyl (C=O) groups excluding carboxylic acids is 1. The summed E-state index contributed by atoms with van der Waals surface area (Å²) in [5, 5.41) is 17.8. The molecular weight excluding hydrogens is 414 g/mol. The third-order valence-electron chi connectivity index (χ3n) is 2.63. The molecule has 0 unspecified atom stereocenters. The normalized spacial score (nSPS) is 9.00. The fraction of sp³-hybridized carbons (Fsp3) is 0.158. The number of oxime groups is 1. The number of carbonyl (C=O) groups is 1. The van der Waals surface area contributed by atoms with Gasteiger partial charge in [-0.25, -0.2) is 4.79 Å². The third-order valence-corrected chi connectivity index (χ3v) is 2.63. The molecule has 0 fully saturated rings. The van der Waals surface area contributed by atoms with Crippen molar-refractivity contribution in [2.24, 2.45) is 16.6 Å². The molecular formula is C19H25N3O5S2. The van der Waals surface area contributed by atoms with Crippen molar-refractivity contribution in [3.63, 3.8) is 0 Å². The number of rotatable bonds is 3. The first kappa shape index (κ1) is 28.0. The zero-order chi connectivity index (χ0) is 22.7. The highest BCUT2D eigenvalue weighted by Gasteiger charge is 2.16. The zero-order valence-corrected chi connectivity index (χ0v) is 17.9. The zero-order valence-electron chi connectivity index (χ0n) is 16.3. The van der Waals surface area contributed by atoms with E-state index in [0.717, 1.165) is 5.56 Å². The topological polar surface area (TPSA) is 140 Å². The Morgan fingerprint density at radius 1 is 0.897 bits per heavy atom. The summed E-state index contributed by atoms with van der Waals surface area (Å²) in [5.41, 5.74) is 10.6. The Hall–Kier alpha value is -3.24. The predicted molar refractivity (Wildman–Crippen MR) is 122 cm³/mol. The largest absolute Gasteiger partial charge is 0.487 e. The van der Waals surface area contributed by atoms with Gasteiger partial charge < -0.3 is 31.3 Å². The van der Waals surface area contributed by atoms with Crippen LogP contribution in [0.4, 0.5) is 0 Å². The lowest BCUT2D eigenvalue weighted by Crippen LogP contribution is -2.18. The number of esters is 1. The van der Waals surface area contributed by atoms with Gasteiger partial charge in [-0.2, -0.15) is 0 Å². The van der Waals surface area contributed by atoms with Gasteiger partial charge in [0.1, 0.15) is 7.11 Å². The van der Waals surface area contributed by atoms with E-state index in [2.05, 4.69) is 50.6 Å². The Balaban J connectivity index is 0. The van der Waals surface area contributed by atoms with Crippen LogP contribution in [-0.4, -0.2) is 46.5 Å². The second-order valence-corrected chi connectivity index (χ2v) is 5.60. The summed E-state index contributed by atoms with van der Waals surface area (Å²) in [4.78, 5) is 16.0. The quantitative estimate of drug-likeness (QED) is 0.246. The molecule has 0 atom stereocenters. The summed E-state index contributed by atoms with van der Waals surface area (Å²) in [5.74, 6) is -0.508. The maximum absolute atomic E-state index is 11.4. The van der Waals surface area contributed by atoms with E-state index in [-0.39, 0.29) is 5.71 Å². The van der Waals surface area contributed by atoms with Crippen LogP contribution in [0.2, 0.25) is 0 Å². The van der Waals surface area contributed by atoms with E-state index in [0.29, 0.717) is 5.56 Å². The van der Waals surface area contributed by atoms with E-state index in [9.17, 15) is 4.79 Å². The second-order valence-electron chi connectivity index (χ2n) is 4.76. The molecule has 8 nitrogen and oxygen atoms in total. The molecule has 29 heavy (non-hydrogen) atoms. The third kappa shape index (κ3) is 17.9.